The van der Waals surface area contributed by atoms with Crippen molar-refractivity contribution in [1.29, 1.82) is 0 Å². The summed E-state index contributed by atoms with van der Waals surface area (Å²) in [5.74, 6) is 0.577. The molecule has 0 aliphatic rings. The molecule has 0 aliphatic carbocycles. The predicted octanol–water partition coefficient (Wildman–Crippen LogP) is 1.78. The molecule has 2 N–H and O–H groups in total. The number of benzene rings is 1. The van der Waals surface area contributed by atoms with Crippen molar-refractivity contribution in [3.63, 3.8) is 0 Å². The van der Waals surface area contributed by atoms with Crippen LogP contribution in [0.15, 0.2) is 24.3 Å². The molecule has 0 saturated heterocycles. The molecule has 2 nitrogen and oxygen atoms in total. The molecule has 0 aromatic heterocycles. The fourth-order valence-corrected chi connectivity index (χ4v) is 1.83. The van der Waals surface area contributed by atoms with Crippen molar-refractivity contribution in [1.82, 2.24) is 0 Å². The highest BCUT2D eigenvalue weighted by atomic mass is 16.5. The average Bonchev–Trinajstić information content (AvgIpc) is 2.21. The smallest absolute Gasteiger partial charge is 0.107 e. The summed E-state index contributed by atoms with van der Waals surface area (Å²) in [5, 5.41) is 9.75. The second-order valence-corrected chi connectivity index (χ2v) is 4.29. The van der Waals surface area contributed by atoms with Crippen molar-refractivity contribution in [2.45, 2.75) is 32.6 Å². The van der Waals surface area contributed by atoms with E-state index in [9.17, 15) is 5.21 Å². The second-order valence-electron chi connectivity index (χ2n) is 4.29. The Labute approximate surface area is 92.5 Å². The van der Waals surface area contributed by atoms with Crippen molar-refractivity contribution in [3.05, 3.63) is 35.4 Å². The van der Waals surface area contributed by atoms with Gasteiger partial charge in [-0.2, -0.15) is 5.06 Å². The van der Waals surface area contributed by atoms with E-state index in [4.69, 9.17) is 0 Å². The molecule has 0 bridgehead atoms. The third-order valence-corrected chi connectivity index (χ3v) is 2.90. The van der Waals surface area contributed by atoms with Gasteiger partial charge in [0.25, 0.3) is 0 Å². The van der Waals surface area contributed by atoms with Gasteiger partial charge in [-0.25, -0.2) is 5.21 Å². The number of nitrogens with one attached hydrogen (secondary N) is 1. The molecule has 1 rings (SSSR count). The van der Waals surface area contributed by atoms with E-state index < -0.39 is 0 Å². The lowest BCUT2D eigenvalue weighted by Gasteiger charge is -2.15. The summed E-state index contributed by atoms with van der Waals surface area (Å²) >= 11 is 0. The first-order valence-electron chi connectivity index (χ1n) is 5.71. The van der Waals surface area contributed by atoms with E-state index in [1.165, 1.54) is 11.1 Å². The molecule has 0 saturated carbocycles. The lowest BCUT2D eigenvalue weighted by molar-refractivity contribution is -1.07. The van der Waals surface area contributed by atoms with Crippen molar-refractivity contribution >= 4 is 0 Å². The molecule has 1 aromatic carbocycles. The lowest BCUT2D eigenvalue weighted by atomic mass is 9.92. The number of quaternary nitrogens is 1. The first kappa shape index (κ1) is 12.2. The van der Waals surface area contributed by atoms with E-state index in [-0.39, 0.29) is 0 Å². The molecule has 2 heteroatoms. The number of hydrogen-bond donors (Lipinski definition) is 2. The second kappa shape index (κ2) is 5.89. The Bertz CT molecular complexity index is 279. The van der Waals surface area contributed by atoms with Crippen LogP contribution in [0.25, 0.3) is 0 Å². The molecular weight excluding hydrogens is 186 g/mol. The zero-order valence-corrected chi connectivity index (χ0v) is 9.96. The third-order valence-electron chi connectivity index (χ3n) is 2.90. The highest BCUT2D eigenvalue weighted by Crippen LogP contribution is 2.22. The summed E-state index contributed by atoms with van der Waals surface area (Å²) in [6.07, 6.45) is 2.18. The van der Waals surface area contributed by atoms with Gasteiger partial charge in [0.2, 0.25) is 0 Å². The van der Waals surface area contributed by atoms with Gasteiger partial charge in [0.05, 0.1) is 7.05 Å². The van der Waals surface area contributed by atoms with Crippen molar-refractivity contribution < 1.29 is 10.3 Å². The SMILES string of the molecule is CCC(CC[NH+](C)O)c1ccc(C)cc1. The van der Waals surface area contributed by atoms with E-state index in [0.29, 0.717) is 11.0 Å². The summed E-state index contributed by atoms with van der Waals surface area (Å²) in [6, 6.07) is 8.73. The summed E-state index contributed by atoms with van der Waals surface area (Å²) in [4.78, 5) is 0. The highest BCUT2D eigenvalue weighted by molar-refractivity contribution is 5.24. The molecule has 2 unspecified atom stereocenters. The summed E-state index contributed by atoms with van der Waals surface area (Å²) in [7, 11) is 1.78. The van der Waals surface area contributed by atoms with Gasteiger partial charge in [-0.15, -0.1) is 0 Å². The molecule has 2 atom stereocenters. The van der Waals surface area contributed by atoms with Crippen LogP contribution in [-0.2, 0) is 0 Å². The van der Waals surface area contributed by atoms with Gasteiger partial charge in [-0.1, -0.05) is 36.8 Å². The first-order valence-corrected chi connectivity index (χ1v) is 5.71. The van der Waals surface area contributed by atoms with Gasteiger partial charge in [0, 0.05) is 6.42 Å². The molecule has 15 heavy (non-hydrogen) atoms. The van der Waals surface area contributed by atoms with E-state index in [1.54, 1.807) is 7.05 Å². The van der Waals surface area contributed by atoms with Gasteiger partial charge < -0.3 is 0 Å². The molecular formula is C13H22NO+. The minimum absolute atomic E-state index is 0.542. The third kappa shape index (κ3) is 4.02. The Morgan fingerprint density at radius 1 is 1.27 bits per heavy atom. The normalized spacial score (nSPS) is 14.9. The molecule has 1 aromatic rings. The maximum atomic E-state index is 9.20. The zero-order valence-electron chi connectivity index (χ0n) is 9.96. The Balaban J connectivity index is 2.61. The van der Waals surface area contributed by atoms with Gasteiger partial charge in [-0.3, -0.25) is 0 Å². The van der Waals surface area contributed by atoms with Crippen LogP contribution in [-0.4, -0.2) is 18.8 Å². The fraction of sp³-hybridized carbons (Fsp3) is 0.538. The Morgan fingerprint density at radius 3 is 2.33 bits per heavy atom. The van der Waals surface area contributed by atoms with Crippen molar-refractivity contribution in [3.8, 4) is 0 Å². The number of hydroxylamine groups is 2. The fourth-order valence-electron chi connectivity index (χ4n) is 1.83. The maximum Gasteiger partial charge on any atom is 0.107 e. The van der Waals surface area contributed by atoms with Gasteiger partial charge in [0.1, 0.15) is 6.54 Å². The maximum absolute atomic E-state index is 9.20. The first-order chi connectivity index (χ1) is 7.13. The standard InChI is InChI=1S/C13H21NO/c1-4-12(9-10-14(3)15)13-7-5-11(2)6-8-13/h5-8,12,15H,4,9-10H2,1-3H3/p+1. The molecule has 0 heterocycles. The van der Waals surface area contributed by atoms with Crippen molar-refractivity contribution in [2.75, 3.05) is 13.6 Å². The van der Waals surface area contributed by atoms with E-state index in [2.05, 4.69) is 38.1 Å². The lowest BCUT2D eigenvalue weighted by Crippen LogP contribution is -3.06. The van der Waals surface area contributed by atoms with Crippen LogP contribution < -0.4 is 5.06 Å². The minimum Gasteiger partial charge on any atom is -0.219 e. The topological polar surface area (TPSA) is 24.7 Å². The largest absolute Gasteiger partial charge is 0.219 e. The Kier molecular flexibility index (Phi) is 4.79. The Morgan fingerprint density at radius 2 is 1.87 bits per heavy atom. The molecule has 0 amide bonds. The molecule has 0 radical (unpaired) electrons. The predicted molar refractivity (Wildman–Crippen MR) is 62.4 cm³/mol. The van der Waals surface area contributed by atoms with Crippen LogP contribution in [0.3, 0.4) is 0 Å². The van der Waals surface area contributed by atoms with E-state index in [1.807, 2.05) is 0 Å². The van der Waals surface area contributed by atoms with Gasteiger partial charge >= 0.3 is 0 Å². The summed E-state index contributed by atoms with van der Waals surface area (Å²) in [5.41, 5.74) is 2.70. The van der Waals surface area contributed by atoms with Crippen LogP contribution in [0.2, 0.25) is 0 Å². The van der Waals surface area contributed by atoms with Crippen molar-refractivity contribution in [2.24, 2.45) is 0 Å². The monoisotopic (exact) mass is 208 g/mol. The number of hydrogen-bond acceptors (Lipinski definition) is 1. The van der Waals surface area contributed by atoms with E-state index >= 15 is 0 Å². The summed E-state index contributed by atoms with van der Waals surface area (Å²) < 4.78 is 0. The summed E-state index contributed by atoms with van der Waals surface area (Å²) in [6.45, 7) is 5.12. The van der Waals surface area contributed by atoms with Gasteiger partial charge in [0.15, 0.2) is 0 Å². The molecule has 0 fully saturated rings. The van der Waals surface area contributed by atoms with Gasteiger partial charge in [-0.05, 0) is 24.8 Å². The zero-order chi connectivity index (χ0) is 11.3. The van der Waals surface area contributed by atoms with Crippen LogP contribution in [0, 0.1) is 6.92 Å². The molecule has 0 spiro atoms. The Hall–Kier alpha value is -0.860. The average molecular weight is 208 g/mol. The molecule has 0 aliphatic heterocycles. The van der Waals surface area contributed by atoms with Crippen LogP contribution in [0.4, 0.5) is 0 Å². The number of aryl methyl sites for hydroxylation is 1. The number of rotatable bonds is 5. The highest BCUT2D eigenvalue weighted by Gasteiger charge is 2.11. The van der Waals surface area contributed by atoms with E-state index in [0.717, 1.165) is 19.4 Å². The van der Waals surface area contributed by atoms with Crippen LogP contribution >= 0.6 is 0 Å². The molecule has 84 valence electrons. The van der Waals surface area contributed by atoms with Crippen LogP contribution in [0.5, 0.6) is 0 Å². The van der Waals surface area contributed by atoms with Crippen LogP contribution in [0.1, 0.15) is 36.8 Å². The quantitative estimate of drug-likeness (QED) is 0.708. The minimum atomic E-state index is 0.542.